The predicted octanol–water partition coefficient (Wildman–Crippen LogP) is 1.59. The number of nitrogens with one attached hydrogen (secondary N) is 1. The molecule has 0 amide bonds. The Hall–Kier alpha value is -1.76. The molecule has 0 aliphatic heterocycles. The van der Waals surface area contributed by atoms with Crippen molar-refractivity contribution >= 4 is 10.0 Å². The van der Waals surface area contributed by atoms with Gasteiger partial charge in [-0.3, -0.25) is 4.98 Å². The van der Waals surface area contributed by atoms with Crippen molar-refractivity contribution in [2.45, 2.75) is 4.90 Å². The molecule has 1 aromatic carbocycles. The van der Waals surface area contributed by atoms with Gasteiger partial charge in [0.25, 0.3) is 0 Å². The molecule has 6 heteroatoms. The average molecular weight is 305 g/mol. The van der Waals surface area contributed by atoms with Crippen LogP contribution < -0.4 is 4.72 Å². The quantitative estimate of drug-likeness (QED) is 0.880. The first kappa shape index (κ1) is 15.6. The van der Waals surface area contributed by atoms with Crippen molar-refractivity contribution in [1.29, 1.82) is 0 Å². The molecule has 0 atom stereocenters. The Labute approximate surface area is 125 Å². The molecule has 0 aliphatic rings. The van der Waals surface area contributed by atoms with Crippen LogP contribution in [0.25, 0.3) is 11.1 Å². The van der Waals surface area contributed by atoms with E-state index in [1.54, 1.807) is 36.7 Å². The van der Waals surface area contributed by atoms with Gasteiger partial charge in [0.15, 0.2) is 0 Å². The fourth-order valence-electron chi connectivity index (χ4n) is 1.86. The van der Waals surface area contributed by atoms with E-state index in [4.69, 9.17) is 0 Å². The van der Waals surface area contributed by atoms with Crippen molar-refractivity contribution in [2.24, 2.45) is 0 Å². The Bertz CT molecular complexity index is 668. The van der Waals surface area contributed by atoms with E-state index in [9.17, 15) is 8.42 Å². The lowest BCUT2D eigenvalue weighted by atomic mass is 10.1. The monoisotopic (exact) mass is 305 g/mol. The molecule has 1 heterocycles. The predicted molar refractivity (Wildman–Crippen MR) is 83.4 cm³/mol. The van der Waals surface area contributed by atoms with Gasteiger partial charge in [-0.25, -0.2) is 13.1 Å². The van der Waals surface area contributed by atoms with Crippen molar-refractivity contribution in [2.75, 3.05) is 27.2 Å². The fraction of sp³-hybridized carbons (Fsp3) is 0.267. The van der Waals surface area contributed by atoms with E-state index in [0.29, 0.717) is 13.1 Å². The third-order valence-corrected chi connectivity index (χ3v) is 4.51. The van der Waals surface area contributed by atoms with Crippen LogP contribution in [0.3, 0.4) is 0 Å². The zero-order chi connectivity index (χ0) is 15.3. The van der Waals surface area contributed by atoms with Gasteiger partial charge >= 0.3 is 0 Å². The zero-order valence-corrected chi connectivity index (χ0v) is 13.0. The molecule has 2 rings (SSSR count). The molecule has 1 N–H and O–H groups in total. The third-order valence-electron chi connectivity index (χ3n) is 3.03. The molecule has 112 valence electrons. The highest BCUT2D eigenvalue weighted by Crippen LogP contribution is 2.20. The second-order valence-corrected chi connectivity index (χ2v) is 6.73. The summed E-state index contributed by atoms with van der Waals surface area (Å²) in [5.41, 5.74) is 1.97. The Morgan fingerprint density at radius 2 is 1.57 bits per heavy atom. The molecule has 1 aromatic heterocycles. The van der Waals surface area contributed by atoms with Crippen LogP contribution in [0, 0.1) is 0 Å². The van der Waals surface area contributed by atoms with Crippen LogP contribution in [0.2, 0.25) is 0 Å². The minimum atomic E-state index is -3.44. The average Bonchev–Trinajstić information content (AvgIpc) is 2.48. The molecule has 0 radical (unpaired) electrons. The summed E-state index contributed by atoms with van der Waals surface area (Å²) < 4.78 is 26.8. The van der Waals surface area contributed by atoms with Gasteiger partial charge in [-0.15, -0.1) is 0 Å². The van der Waals surface area contributed by atoms with E-state index >= 15 is 0 Å². The Morgan fingerprint density at radius 1 is 1.00 bits per heavy atom. The Kier molecular flexibility index (Phi) is 5.06. The van der Waals surface area contributed by atoms with Crippen LogP contribution in [-0.4, -0.2) is 45.5 Å². The molecule has 0 bridgehead atoms. The SMILES string of the molecule is CN(C)CCNS(=O)(=O)c1ccc(-c2ccncc2)cc1. The molecule has 0 spiro atoms. The summed E-state index contributed by atoms with van der Waals surface area (Å²) in [5, 5.41) is 0. The molecule has 0 fully saturated rings. The molecule has 0 saturated heterocycles. The summed E-state index contributed by atoms with van der Waals surface area (Å²) >= 11 is 0. The summed E-state index contributed by atoms with van der Waals surface area (Å²) in [5.74, 6) is 0. The van der Waals surface area contributed by atoms with Crippen molar-refractivity contribution in [3.05, 3.63) is 48.8 Å². The van der Waals surface area contributed by atoms with Crippen molar-refractivity contribution in [3.8, 4) is 11.1 Å². The van der Waals surface area contributed by atoms with Gasteiger partial charge in [-0.2, -0.15) is 0 Å². The lowest BCUT2D eigenvalue weighted by Gasteiger charge is -2.11. The van der Waals surface area contributed by atoms with E-state index in [2.05, 4.69) is 9.71 Å². The van der Waals surface area contributed by atoms with Gasteiger partial charge in [0, 0.05) is 25.5 Å². The number of rotatable bonds is 6. The maximum absolute atomic E-state index is 12.1. The van der Waals surface area contributed by atoms with Gasteiger partial charge in [0.1, 0.15) is 0 Å². The van der Waals surface area contributed by atoms with Crippen LogP contribution in [-0.2, 0) is 10.0 Å². The largest absolute Gasteiger partial charge is 0.308 e. The van der Waals surface area contributed by atoms with E-state index in [1.165, 1.54) is 0 Å². The maximum Gasteiger partial charge on any atom is 0.240 e. The summed E-state index contributed by atoms with van der Waals surface area (Å²) in [6, 6.07) is 10.6. The smallest absolute Gasteiger partial charge is 0.240 e. The van der Waals surface area contributed by atoms with E-state index in [0.717, 1.165) is 11.1 Å². The van der Waals surface area contributed by atoms with Crippen LogP contribution in [0.15, 0.2) is 53.7 Å². The van der Waals surface area contributed by atoms with Gasteiger partial charge in [0.05, 0.1) is 4.90 Å². The molecule has 2 aromatic rings. The first-order valence-electron chi connectivity index (χ1n) is 6.64. The highest BCUT2D eigenvalue weighted by atomic mass is 32.2. The number of hydrogen-bond donors (Lipinski definition) is 1. The number of hydrogen-bond acceptors (Lipinski definition) is 4. The van der Waals surface area contributed by atoms with Crippen molar-refractivity contribution < 1.29 is 8.42 Å². The van der Waals surface area contributed by atoms with Crippen molar-refractivity contribution in [3.63, 3.8) is 0 Å². The highest BCUT2D eigenvalue weighted by Gasteiger charge is 2.13. The van der Waals surface area contributed by atoms with Gasteiger partial charge in [0.2, 0.25) is 10.0 Å². The van der Waals surface area contributed by atoms with Gasteiger partial charge < -0.3 is 4.90 Å². The molecule has 0 saturated carbocycles. The minimum absolute atomic E-state index is 0.277. The molecular formula is C15H19N3O2S. The number of benzene rings is 1. The molecule has 21 heavy (non-hydrogen) atoms. The topological polar surface area (TPSA) is 62.3 Å². The molecule has 0 unspecified atom stereocenters. The molecule has 0 aliphatic carbocycles. The number of aromatic nitrogens is 1. The minimum Gasteiger partial charge on any atom is -0.308 e. The normalized spacial score (nSPS) is 11.8. The summed E-state index contributed by atoms with van der Waals surface area (Å²) in [4.78, 5) is 6.17. The maximum atomic E-state index is 12.1. The Balaban J connectivity index is 2.11. The second kappa shape index (κ2) is 6.80. The first-order chi connectivity index (χ1) is 9.99. The van der Waals surface area contributed by atoms with Crippen molar-refractivity contribution in [1.82, 2.24) is 14.6 Å². The second-order valence-electron chi connectivity index (χ2n) is 4.96. The fourth-order valence-corrected chi connectivity index (χ4v) is 2.88. The van der Waals surface area contributed by atoms with Gasteiger partial charge in [-0.1, -0.05) is 12.1 Å². The number of pyridine rings is 1. The summed E-state index contributed by atoms with van der Waals surface area (Å²) in [6.45, 7) is 1.05. The van der Waals surface area contributed by atoms with Crippen LogP contribution in [0.5, 0.6) is 0 Å². The number of likely N-dealkylation sites (N-methyl/N-ethyl adjacent to an activating group) is 1. The van der Waals surface area contributed by atoms with Crippen LogP contribution >= 0.6 is 0 Å². The van der Waals surface area contributed by atoms with E-state index < -0.39 is 10.0 Å². The zero-order valence-electron chi connectivity index (χ0n) is 12.2. The number of nitrogens with zero attached hydrogens (tertiary/aromatic N) is 2. The van der Waals surface area contributed by atoms with E-state index in [1.807, 2.05) is 31.1 Å². The standard InChI is InChI=1S/C15H19N3O2S/c1-18(2)12-11-17-21(19,20)15-5-3-13(4-6-15)14-7-9-16-10-8-14/h3-10,17H,11-12H2,1-2H3. The molecular weight excluding hydrogens is 286 g/mol. The van der Waals surface area contributed by atoms with Gasteiger partial charge in [-0.05, 0) is 49.5 Å². The first-order valence-corrected chi connectivity index (χ1v) is 8.12. The lowest BCUT2D eigenvalue weighted by molar-refractivity contribution is 0.412. The Morgan fingerprint density at radius 3 is 2.14 bits per heavy atom. The molecule has 5 nitrogen and oxygen atoms in total. The third kappa shape index (κ3) is 4.35. The van der Waals surface area contributed by atoms with E-state index in [-0.39, 0.29) is 4.90 Å². The lowest BCUT2D eigenvalue weighted by Crippen LogP contribution is -2.31. The van der Waals surface area contributed by atoms with Crippen LogP contribution in [0.4, 0.5) is 0 Å². The number of sulfonamides is 1. The van der Waals surface area contributed by atoms with Crippen LogP contribution in [0.1, 0.15) is 0 Å². The summed E-state index contributed by atoms with van der Waals surface area (Å²) in [7, 11) is 0.357. The summed E-state index contributed by atoms with van der Waals surface area (Å²) in [6.07, 6.45) is 3.42. The highest BCUT2D eigenvalue weighted by molar-refractivity contribution is 7.89.